The summed E-state index contributed by atoms with van der Waals surface area (Å²) in [5.74, 6) is -0.652. The van der Waals surface area contributed by atoms with E-state index in [0.717, 1.165) is 12.2 Å². The van der Waals surface area contributed by atoms with Crippen LogP contribution in [0.3, 0.4) is 0 Å². The highest BCUT2D eigenvalue weighted by molar-refractivity contribution is 8.00. The number of carboxylic acid groups (broad SMARTS) is 1. The minimum absolute atomic E-state index is 0.0885. The molecular weight excluding hydrogens is 350 g/mol. The standard InChI is InChI=1S/C19H17N3O3S/c23-17-16(18-22(17)15(19(24)25)8-11-26-18)20-14-6-9-21(10-7-14)12-13-4-2-1-3-5-13/h1-10,16,18H,11-12H2,(H,24,25)/p+1/t16-,18-/m1/s1. The molecule has 2 aliphatic rings. The Labute approximate surface area is 155 Å². The van der Waals surface area contributed by atoms with Gasteiger partial charge in [-0.2, -0.15) is 0 Å². The van der Waals surface area contributed by atoms with Gasteiger partial charge in [-0.25, -0.2) is 9.36 Å². The number of hydrogen-bond acceptors (Lipinski definition) is 4. The summed E-state index contributed by atoms with van der Waals surface area (Å²) in [6.07, 6.45) is 5.52. The van der Waals surface area contributed by atoms with Crippen LogP contribution in [0, 0.1) is 0 Å². The number of nitrogens with one attached hydrogen (secondary N) is 1. The van der Waals surface area contributed by atoms with Gasteiger partial charge in [0.15, 0.2) is 18.9 Å². The topological polar surface area (TPSA) is 73.5 Å². The fourth-order valence-corrected chi connectivity index (χ4v) is 4.37. The third-order valence-corrected chi connectivity index (χ3v) is 5.67. The Morgan fingerprint density at radius 3 is 2.65 bits per heavy atom. The van der Waals surface area contributed by atoms with E-state index >= 15 is 0 Å². The number of rotatable bonds is 5. The van der Waals surface area contributed by atoms with Gasteiger partial charge in [0.05, 0.1) is 0 Å². The van der Waals surface area contributed by atoms with Gasteiger partial charge in [-0.1, -0.05) is 30.3 Å². The number of thioether (sulfide) groups is 1. The quantitative estimate of drug-likeness (QED) is 0.621. The van der Waals surface area contributed by atoms with Gasteiger partial charge in [0.25, 0.3) is 5.91 Å². The van der Waals surface area contributed by atoms with Crippen molar-refractivity contribution in [3.8, 4) is 0 Å². The molecule has 3 heterocycles. The maximum Gasteiger partial charge on any atom is 0.352 e. The zero-order chi connectivity index (χ0) is 18.1. The van der Waals surface area contributed by atoms with Crippen LogP contribution < -0.4 is 9.88 Å². The normalized spacial score (nSPS) is 21.5. The Balaban J connectivity index is 1.42. The van der Waals surface area contributed by atoms with Gasteiger partial charge in [-0.15, -0.1) is 11.8 Å². The first-order valence-electron chi connectivity index (χ1n) is 8.31. The Bertz CT molecular complexity index is 867. The van der Waals surface area contributed by atoms with E-state index in [4.69, 9.17) is 0 Å². The summed E-state index contributed by atoms with van der Waals surface area (Å²) < 4.78 is 2.07. The van der Waals surface area contributed by atoms with Gasteiger partial charge in [-0.05, 0) is 6.08 Å². The SMILES string of the molecule is O=C(O)C1=CCS[C@@H]2[C@H](Nc3cc[n+](Cc4ccccc4)cc3)C(=O)N12. The number of β-lactam (4-membered cyclic amide) rings is 1. The number of carbonyl (C=O) groups is 2. The van der Waals surface area contributed by atoms with E-state index in [9.17, 15) is 14.7 Å². The molecule has 1 aromatic carbocycles. The first-order chi connectivity index (χ1) is 12.6. The lowest BCUT2D eigenvalue weighted by Gasteiger charge is -2.48. The molecule has 0 spiro atoms. The third-order valence-electron chi connectivity index (χ3n) is 4.49. The van der Waals surface area contributed by atoms with E-state index in [-0.39, 0.29) is 17.0 Å². The Kier molecular flexibility index (Phi) is 4.38. The first kappa shape index (κ1) is 16.7. The van der Waals surface area contributed by atoms with Crippen LogP contribution in [-0.2, 0) is 16.1 Å². The second-order valence-corrected chi connectivity index (χ2v) is 7.34. The molecule has 2 N–H and O–H groups in total. The number of pyridine rings is 1. The lowest BCUT2D eigenvalue weighted by atomic mass is 10.0. The molecule has 26 heavy (non-hydrogen) atoms. The smallest absolute Gasteiger partial charge is 0.352 e. The molecule has 2 aromatic rings. The maximum atomic E-state index is 12.4. The molecule has 2 atom stereocenters. The highest BCUT2D eigenvalue weighted by atomic mass is 32.2. The summed E-state index contributed by atoms with van der Waals surface area (Å²) in [5, 5.41) is 12.3. The van der Waals surface area contributed by atoms with Crippen LogP contribution in [0.25, 0.3) is 0 Å². The van der Waals surface area contributed by atoms with Crippen LogP contribution in [0.5, 0.6) is 0 Å². The van der Waals surface area contributed by atoms with Gasteiger partial charge in [0.1, 0.15) is 17.1 Å². The predicted octanol–water partition coefficient (Wildman–Crippen LogP) is 1.69. The van der Waals surface area contributed by atoms with E-state index in [1.807, 2.05) is 42.7 Å². The van der Waals surface area contributed by atoms with Crippen LogP contribution in [0.4, 0.5) is 5.69 Å². The van der Waals surface area contributed by atoms with Crippen molar-refractivity contribution in [1.82, 2.24) is 4.90 Å². The largest absolute Gasteiger partial charge is 0.477 e. The molecule has 0 saturated carbocycles. The number of aliphatic carboxylic acids is 1. The molecule has 0 aliphatic carbocycles. The zero-order valence-electron chi connectivity index (χ0n) is 13.9. The van der Waals surface area contributed by atoms with E-state index < -0.39 is 12.0 Å². The number of amides is 1. The number of aromatic nitrogens is 1. The van der Waals surface area contributed by atoms with Crippen molar-refractivity contribution in [2.75, 3.05) is 11.1 Å². The van der Waals surface area contributed by atoms with Crippen molar-refractivity contribution in [2.24, 2.45) is 0 Å². The average Bonchev–Trinajstić information content (AvgIpc) is 2.67. The van der Waals surface area contributed by atoms with E-state index in [0.29, 0.717) is 5.75 Å². The molecule has 0 unspecified atom stereocenters. The van der Waals surface area contributed by atoms with Crippen molar-refractivity contribution in [2.45, 2.75) is 18.0 Å². The minimum atomic E-state index is -1.05. The minimum Gasteiger partial charge on any atom is -0.477 e. The summed E-state index contributed by atoms with van der Waals surface area (Å²) in [4.78, 5) is 25.0. The third kappa shape index (κ3) is 3.06. The molecule has 1 aromatic heterocycles. The van der Waals surface area contributed by atoms with Gasteiger partial charge in [-0.3, -0.25) is 9.69 Å². The van der Waals surface area contributed by atoms with Crippen LogP contribution in [0.15, 0.2) is 66.6 Å². The monoisotopic (exact) mass is 368 g/mol. The lowest BCUT2D eigenvalue weighted by molar-refractivity contribution is -0.688. The molecule has 4 rings (SSSR count). The van der Waals surface area contributed by atoms with Crippen LogP contribution in [0.1, 0.15) is 5.56 Å². The summed E-state index contributed by atoms with van der Waals surface area (Å²) in [7, 11) is 0. The van der Waals surface area contributed by atoms with Crippen LogP contribution in [0.2, 0.25) is 0 Å². The Morgan fingerprint density at radius 1 is 1.23 bits per heavy atom. The average molecular weight is 368 g/mol. The van der Waals surface area contributed by atoms with Gasteiger partial charge < -0.3 is 10.4 Å². The summed E-state index contributed by atoms with van der Waals surface area (Å²) in [6, 6.07) is 13.6. The first-order valence-corrected chi connectivity index (χ1v) is 9.36. The van der Waals surface area contributed by atoms with Crippen molar-refractivity contribution >= 4 is 29.3 Å². The number of carbonyl (C=O) groups excluding carboxylic acids is 1. The maximum absolute atomic E-state index is 12.4. The Morgan fingerprint density at radius 2 is 1.96 bits per heavy atom. The van der Waals surface area contributed by atoms with Gasteiger partial charge in [0.2, 0.25) is 0 Å². The zero-order valence-corrected chi connectivity index (χ0v) is 14.7. The molecule has 1 saturated heterocycles. The second-order valence-electron chi connectivity index (χ2n) is 6.19. The molecule has 0 radical (unpaired) electrons. The predicted molar refractivity (Wildman–Crippen MR) is 98.4 cm³/mol. The molecule has 1 amide bonds. The second kappa shape index (κ2) is 6.84. The lowest BCUT2D eigenvalue weighted by Crippen LogP contribution is -2.67. The number of hydrogen-bond donors (Lipinski definition) is 2. The van der Waals surface area contributed by atoms with Crippen molar-refractivity contribution in [1.29, 1.82) is 0 Å². The number of anilines is 1. The molecule has 7 heteroatoms. The molecule has 1 fully saturated rings. The number of fused-ring (bicyclic) bond motifs is 1. The fraction of sp³-hybridized carbons (Fsp3) is 0.211. The molecule has 132 valence electrons. The van der Waals surface area contributed by atoms with Gasteiger partial charge >= 0.3 is 5.97 Å². The molecule has 0 bridgehead atoms. The number of benzene rings is 1. The van der Waals surface area contributed by atoms with Crippen LogP contribution >= 0.6 is 11.8 Å². The highest BCUT2D eigenvalue weighted by Gasteiger charge is 2.52. The van der Waals surface area contributed by atoms with Crippen molar-refractivity contribution < 1.29 is 19.3 Å². The number of carboxylic acids is 1. The van der Waals surface area contributed by atoms with E-state index in [1.54, 1.807) is 17.8 Å². The molecule has 6 nitrogen and oxygen atoms in total. The van der Waals surface area contributed by atoms with E-state index in [2.05, 4.69) is 22.0 Å². The van der Waals surface area contributed by atoms with E-state index in [1.165, 1.54) is 10.5 Å². The Hall–Kier alpha value is -2.80. The fourth-order valence-electron chi connectivity index (χ4n) is 3.17. The van der Waals surface area contributed by atoms with Gasteiger partial charge in [0, 0.05) is 29.1 Å². The van der Waals surface area contributed by atoms with Crippen molar-refractivity contribution in [3.63, 3.8) is 0 Å². The summed E-state index contributed by atoms with van der Waals surface area (Å²) in [5.41, 5.74) is 2.15. The van der Waals surface area contributed by atoms with Crippen molar-refractivity contribution in [3.05, 3.63) is 72.2 Å². The number of nitrogens with zero attached hydrogens (tertiary/aromatic N) is 2. The summed E-state index contributed by atoms with van der Waals surface area (Å²) >= 11 is 1.57. The summed E-state index contributed by atoms with van der Waals surface area (Å²) in [6.45, 7) is 0.780. The molecule has 2 aliphatic heterocycles. The molecular formula is C19H18N3O3S+. The highest BCUT2D eigenvalue weighted by Crippen LogP contribution is 2.38. The van der Waals surface area contributed by atoms with Crippen LogP contribution in [-0.4, -0.2) is 39.1 Å².